The van der Waals surface area contributed by atoms with Gasteiger partial charge in [0.25, 0.3) is 0 Å². The van der Waals surface area contributed by atoms with Crippen LogP contribution < -0.4 is 26.2 Å². The van der Waals surface area contributed by atoms with Gasteiger partial charge in [0.05, 0.1) is 0 Å². The summed E-state index contributed by atoms with van der Waals surface area (Å²) in [6.45, 7) is 32.0. The van der Waals surface area contributed by atoms with Crippen LogP contribution in [-0.2, 0) is 0 Å². The van der Waals surface area contributed by atoms with Gasteiger partial charge in [0.1, 0.15) is 0 Å². The van der Waals surface area contributed by atoms with E-state index in [0.717, 1.165) is 83.5 Å². The van der Waals surface area contributed by atoms with E-state index in [1.807, 2.05) is 0 Å². The normalized spacial score (nSPS) is 23.8. The highest BCUT2D eigenvalue weighted by Crippen LogP contribution is 2.40. The van der Waals surface area contributed by atoms with E-state index in [9.17, 15) is 0 Å². The molecule has 0 aromatic carbocycles. The van der Waals surface area contributed by atoms with Crippen LogP contribution in [0.1, 0.15) is 134 Å². The summed E-state index contributed by atoms with van der Waals surface area (Å²) in [7, 11) is 0. The summed E-state index contributed by atoms with van der Waals surface area (Å²) in [5.74, 6) is 3.29. The maximum atomic E-state index is 5.17. The second-order valence-electron chi connectivity index (χ2n) is 16.3. The minimum absolute atomic E-state index is 0.0956. The molecule has 1 aromatic heterocycles. The number of hydrogen-bond donors (Lipinski definition) is 4. The van der Waals surface area contributed by atoms with Crippen molar-refractivity contribution < 1.29 is 0 Å². The van der Waals surface area contributed by atoms with Crippen molar-refractivity contribution >= 4 is 17.8 Å². The molecule has 4 unspecified atom stereocenters. The molecule has 2 fully saturated rings. The molecule has 0 radical (unpaired) electrons. The predicted octanol–water partition coefficient (Wildman–Crippen LogP) is 7.49. The van der Waals surface area contributed by atoms with Gasteiger partial charge in [-0.2, -0.15) is 15.0 Å². The Kier molecular flexibility index (Phi) is 12.2. The van der Waals surface area contributed by atoms with Crippen molar-refractivity contribution in [1.29, 1.82) is 0 Å². The van der Waals surface area contributed by atoms with Gasteiger partial charge in [0.2, 0.25) is 17.8 Å². The zero-order valence-corrected chi connectivity index (χ0v) is 30.1. The highest BCUT2D eigenvalue weighted by atomic mass is 15.3. The minimum Gasteiger partial charge on any atom is -0.350 e. The van der Waals surface area contributed by atoms with Crippen molar-refractivity contribution in [2.45, 2.75) is 158 Å². The van der Waals surface area contributed by atoms with Crippen LogP contribution in [0.15, 0.2) is 0 Å². The standard InChI is InChI=1S/C35H68N8/c1-13-21-43(22-14-2)31-41-29(38-27(32(5,6)15-3)25-17-19-36-34(9,10)23-25)40-30(42-31)39-28(33(7,8)16-4)26-18-20-37-35(11,12)24-26/h25-28,36-37H,13-24H2,1-12H3,(H2,38,39,40,41,42). The first kappa shape index (κ1) is 35.8. The van der Waals surface area contributed by atoms with Gasteiger partial charge in [-0.15, -0.1) is 0 Å². The molecule has 1 aromatic rings. The number of anilines is 3. The fraction of sp³-hybridized carbons (Fsp3) is 0.914. The van der Waals surface area contributed by atoms with Crippen LogP contribution >= 0.6 is 0 Å². The predicted molar refractivity (Wildman–Crippen MR) is 185 cm³/mol. The first-order valence-corrected chi connectivity index (χ1v) is 17.6. The Bertz CT molecular complexity index is 929. The zero-order chi connectivity index (χ0) is 32.1. The Balaban J connectivity index is 2.06. The highest BCUT2D eigenvalue weighted by Gasteiger charge is 2.41. The summed E-state index contributed by atoms with van der Waals surface area (Å²) >= 11 is 0. The van der Waals surface area contributed by atoms with Crippen molar-refractivity contribution in [3.05, 3.63) is 0 Å². The van der Waals surface area contributed by atoms with Gasteiger partial charge >= 0.3 is 0 Å². The second kappa shape index (κ2) is 14.6. The summed E-state index contributed by atoms with van der Waals surface area (Å²) in [6.07, 6.45) is 8.88. The molecule has 8 nitrogen and oxygen atoms in total. The quantitative estimate of drug-likeness (QED) is 0.165. The molecule has 3 heterocycles. The molecule has 0 amide bonds. The lowest BCUT2D eigenvalue weighted by Crippen LogP contribution is -2.53. The van der Waals surface area contributed by atoms with Gasteiger partial charge in [-0.25, -0.2) is 0 Å². The van der Waals surface area contributed by atoms with Crippen LogP contribution in [0.2, 0.25) is 0 Å². The van der Waals surface area contributed by atoms with E-state index in [-0.39, 0.29) is 34.0 Å². The number of nitrogens with zero attached hydrogens (tertiary/aromatic N) is 4. The maximum Gasteiger partial charge on any atom is 0.231 e. The molecular weight excluding hydrogens is 532 g/mol. The molecule has 0 saturated carbocycles. The largest absolute Gasteiger partial charge is 0.350 e. The Morgan fingerprint density at radius 2 is 1.12 bits per heavy atom. The van der Waals surface area contributed by atoms with Crippen molar-refractivity contribution in [2.24, 2.45) is 22.7 Å². The van der Waals surface area contributed by atoms with Crippen LogP contribution in [0.5, 0.6) is 0 Å². The minimum atomic E-state index is 0.0956. The molecule has 2 aliphatic heterocycles. The van der Waals surface area contributed by atoms with Gasteiger partial charge in [-0.3, -0.25) is 0 Å². The Morgan fingerprint density at radius 1 is 0.721 bits per heavy atom. The van der Waals surface area contributed by atoms with Crippen LogP contribution in [0.25, 0.3) is 0 Å². The Hall–Kier alpha value is -1.67. The molecule has 2 saturated heterocycles. The number of rotatable bonds is 15. The number of piperidine rings is 2. The fourth-order valence-corrected chi connectivity index (χ4v) is 7.53. The monoisotopic (exact) mass is 601 g/mol. The van der Waals surface area contributed by atoms with Crippen molar-refractivity contribution in [3.8, 4) is 0 Å². The van der Waals surface area contributed by atoms with E-state index in [0.29, 0.717) is 23.7 Å². The van der Waals surface area contributed by atoms with E-state index in [1.165, 1.54) is 0 Å². The van der Waals surface area contributed by atoms with Gasteiger partial charge in [0.15, 0.2) is 0 Å². The number of nitrogens with one attached hydrogen (secondary N) is 4. The molecule has 0 spiro atoms. The lowest BCUT2D eigenvalue weighted by atomic mass is 9.69. The third kappa shape index (κ3) is 9.66. The molecule has 0 aliphatic carbocycles. The highest BCUT2D eigenvalue weighted by molar-refractivity contribution is 5.45. The summed E-state index contributed by atoms with van der Waals surface area (Å²) < 4.78 is 0. The third-order valence-electron chi connectivity index (χ3n) is 10.7. The molecule has 43 heavy (non-hydrogen) atoms. The lowest BCUT2D eigenvalue weighted by molar-refractivity contribution is 0.144. The van der Waals surface area contributed by atoms with Gasteiger partial charge in [-0.05, 0) is 115 Å². The molecule has 4 atom stereocenters. The van der Waals surface area contributed by atoms with Crippen LogP contribution in [0.4, 0.5) is 17.8 Å². The molecule has 8 heteroatoms. The molecule has 0 bridgehead atoms. The van der Waals surface area contributed by atoms with E-state index < -0.39 is 0 Å². The molecular formula is C35H68N8. The van der Waals surface area contributed by atoms with E-state index in [4.69, 9.17) is 15.0 Å². The lowest BCUT2D eigenvalue weighted by Gasteiger charge is -2.46. The number of hydrogen-bond acceptors (Lipinski definition) is 8. The van der Waals surface area contributed by atoms with Gasteiger partial charge in [-0.1, -0.05) is 55.4 Å². The Morgan fingerprint density at radius 3 is 1.44 bits per heavy atom. The maximum absolute atomic E-state index is 5.17. The molecule has 3 rings (SSSR count). The van der Waals surface area contributed by atoms with Crippen LogP contribution in [0, 0.1) is 22.7 Å². The van der Waals surface area contributed by atoms with Gasteiger partial charge in [0, 0.05) is 36.3 Å². The Labute approximate surface area is 265 Å². The topological polar surface area (TPSA) is 90.0 Å². The first-order valence-electron chi connectivity index (χ1n) is 17.6. The summed E-state index contributed by atoms with van der Waals surface area (Å²) in [5.41, 5.74) is 0.450. The number of aromatic nitrogens is 3. The van der Waals surface area contributed by atoms with Crippen molar-refractivity contribution in [3.63, 3.8) is 0 Å². The van der Waals surface area contributed by atoms with Crippen molar-refractivity contribution in [1.82, 2.24) is 25.6 Å². The third-order valence-corrected chi connectivity index (χ3v) is 10.7. The van der Waals surface area contributed by atoms with Crippen LogP contribution in [0.3, 0.4) is 0 Å². The zero-order valence-electron chi connectivity index (χ0n) is 30.1. The average Bonchev–Trinajstić information content (AvgIpc) is 2.93. The van der Waals surface area contributed by atoms with E-state index in [1.54, 1.807) is 0 Å². The molecule has 248 valence electrons. The summed E-state index contributed by atoms with van der Waals surface area (Å²) in [6, 6.07) is 0.529. The van der Waals surface area contributed by atoms with E-state index in [2.05, 4.69) is 109 Å². The summed E-state index contributed by atoms with van der Waals surface area (Å²) in [4.78, 5) is 17.8. The SMILES string of the molecule is CCCN(CCC)c1nc(NC(C2CCNC(C)(C)C2)C(C)(C)CC)nc(NC(C2CCNC(C)(C)C2)C(C)(C)CC)n1. The summed E-state index contributed by atoms with van der Waals surface area (Å²) in [5, 5.41) is 15.4. The first-order chi connectivity index (χ1) is 20.1. The average molecular weight is 601 g/mol. The molecule has 4 N–H and O–H groups in total. The van der Waals surface area contributed by atoms with Crippen LogP contribution in [-0.4, -0.2) is 64.3 Å². The second-order valence-corrected chi connectivity index (χ2v) is 16.3. The smallest absolute Gasteiger partial charge is 0.231 e. The molecule has 2 aliphatic rings. The van der Waals surface area contributed by atoms with Gasteiger partial charge < -0.3 is 26.2 Å². The van der Waals surface area contributed by atoms with E-state index >= 15 is 0 Å². The fourth-order valence-electron chi connectivity index (χ4n) is 7.53. The van der Waals surface area contributed by atoms with Crippen molar-refractivity contribution in [2.75, 3.05) is 41.7 Å².